The smallest absolute Gasteiger partial charge is 0.311 e. The van der Waals surface area contributed by atoms with Crippen LogP contribution in [0.15, 0.2) is 5.16 Å². The third-order valence-electron chi connectivity index (χ3n) is 13.4. The molecule has 16 nitrogen and oxygen atoms in total. The number of nitrogens with zero attached hydrogens (tertiary/aromatic N) is 2. The van der Waals surface area contributed by atoms with Crippen molar-refractivity contribution in [1.29, 1.82) is 0 Å². The highest BCUT2D eigenvalue weighted by Crippen LogP contribution is 2.41. The van der Waals surface area contributed by atoms with Gasteiger partial charge < -0.3 is 63.3 Å². The van der Waals surface area contributed by atoms with Gasteiger partial charge in [0, 0.05) is 44.2 Å². The highest BCUT2D eigenvalue weighted by molar-refractivity contribution is 5.88. The Morgan fingerprint density at radius 3 is 2.15 bits per heavy atom. The summed E-state index contributed by atoms with van der Waals surface area (Å²) in [7, 11) is 5.25. The summed E-state index contributed by atoms with van der Waals surface area (Å²) in [5, 5.41) is 53.1. The number of unbranched alkanes of at least 4 members (excludes halogenated alkanes) is 3. The molecule has 3 heterocycles. The van der Waals surface area contributed by atoms with Crippen LogP contribution >= 0.6 is 0 Å². The molecule has 0 amide bonds. The van der Waals surface area contributed by atoms with Crippen molar-refractivity contribution in [2.75, 3.05) is 27.8 Å². The van der Waals surface area contributed by atoms with E-state index in [4.69, 9.17) is 38.0 Å². The second kappa shape index (κ2) is 22.8. The molecule has 0 spiro atoms. The van der Waals surface area contributed by atoms with Gasteiger partial charge in [-0.2, -0.15) is 0 Å². The van der Waals surface area contributed by atoms with E-state index >= 15 is 0 Å². The van der Waals surface area contributed by atoms with Crippen LogP contribution in [0.5, 0.6) is 0 Å². The summed E-state index contributed by atoms with van der Waals surface area (Å²) in [5.74, 6) is -4.50. The van der Waals surface area contributed by atoms with Crippen LogP contribution in [0.1, 0.15) is 134 Å². The van der Waals surface area contributed by atoms with Crippen LogP contribution in [0.25, 0.3) is 0 Å². The lowest BCUT2D eigenvalue weighted by Gasteiger charge is -2.49. The lowest BCUT2D eigenvalue weighted by Crippen LogP contribution is -2.61. The quantitative estimate of drug-likeness (QED) is 0.106. The van der Waals surface area contributed by atoms with Crippen LogP contribution in [0.2, 0.25) is 0 Å². The largest absolute Gasteiger partial charge is 0.459 e. The van der Waals surface area contributed by atoms with E-state index in [1.165, 1.54) is 21.0 Å². The summed E-state index contributed by atoms with van der Waals surface area (Å²) in [6.07, 6.45) is -5.28. The maximum absolute atomic E-state index is 14.4. The molecule has 3 aliphatic heterocycles. The van der Waals surface area contributed by atoms with Crippen molar-refractivity contribution < 1.29 is 68.0 Å². The number of carbonyl (C=O) groups excluding carboxylic acids is 2. The Labute approximate surface area is 365 Å². The molecular formula is C45H82N2O14. The zero-order valence-corrected chi connectivity index (χ0v) is 39.8. The Bertz CT molecular complexity index is 1410. The van der Waals surface area contributed by atoms with Gasteiger partial charge in [-0.15, -0.1) is 0 Å². The molecule has 0 aromatic carbocycles. The predicted octanol–water partition coefficient (Wildman–Crippen LogP) is 4.74. The van der Waals surface area contributed by atoms with Crippen LogP contribution in [-0.4, -0.2) is 155 Å². The number of aliphatic hydroxyl groups is 4. The maximum atomic E-state index is 14.4. The van der Waals surface area contributed by atoms with Crippen molar-refractivity contribution in [1.82, 2.24) is 4.90 Å². The molecule has 0 radical (unpaired) electrons. The van der Waals surface area contributed by atoms with Crippen molar-refractivity contribution in [3.05, 3.63) is 0 Å². The molecule has 3 saturated heterocycles. The van der Waals surface area contributed by atoms with E-state index in [0.717, 1.165) is 25.7 Å². The molecule has 356 valence electrons. The number of carbonyl (C=O) groups is 2. The second-order valence-electron chi connectivity index (χ2n) is 19.1. The molecule has 1 unspecified atom stereocenters. The fourth-order valence-electron chi connectivity index (χ4n) is 9.69. The van der Waals surface area contributed by atoms with Gasteiger partial charge >= 0.3 is 11.9 Å². The van der Waals surface area contributed by atoms with Gasteiger partial charge in [0.05, 0.1) is 47.8 Å². The summed E-state index contributed by atoms with van der Waals surface area (Å²) < 4.78 is 43.9. The van der Waals surface area contributed by atoms with Crippen molar-refractivity contribution >= 4 is 17.7 Å². The minimum absolute atomic E-state index is 0.0141. The summed E-state index contributed by atoms with van der Waals surface area (Å²) in [4.78, 5) is 34.3. The van der Waals surface area contributed by atoms with Crippen molar-refractivity contribution in [2.45, 2.75) is 219 Å². The molecule has 3 aliphatic rings. The third-order valence-corrected chi connectivity index (χ3v) is 13.4. The number of esters is 2. The number of hydrogen-bond acceptors (Lipinski definition) is 16. The van der Waals surface area contributed by atoms with E-state index in [0.29, 0.717) is 18.7 Å². The number of cyclic esters (lactones) is 1. The Kier molecular flexibility index (Phi) is 19.9. The van der Waals surface area contributed by atoms with E-state index in [2.05, 4.69) is 12.1 Å². The van der Waals surface area contributed by atoms with Gasteiger partial charge in [0.2, 0.25) is 0 Å². The first-order valence-corrected chi connectivity index (χ1v) is 22.6. The SMILES string of the molecule is CCCCCCO/N=C1\[C@H](C)CC(C)(O)[C@H](O[C@@H]2O[C@H](C)C[C@H](N(C)C)[C@H]2O)[C@@H](C)[C@H](O[C@H]2C[C@@](C)(OC)[C@@H](OC(C)=O)[C@H](C)O2)[C@@H](C)C(=O)O[C@H](CC)[C@@](C)(O)[C@H](O)[C@H]1C. The van der Waals surface area contributed by atoms with Crippen LogP contribution in [-0.2, 0) is 47.6 Å². The predicted molar refractivity (Wildman–Crippen MR) is 228 cm³/mol. The summed E-state index contributed by atoms with van der Waals surface area (Å²) in [5.41, 5.74) is -4.33. The Balaban J connectivity index is 2.23. The van der Waals surface area contributed by atoms with Crippen LogP contribution < -0.4 is 0 Å². The fourth-order valence-corrected chi connectivity index (χ4v) is 9.69. The summed E-state index contributed by atoms with van der Waals surface area (Å²) >= 11 is 0. The number of hydrogen-bond donors (Lipinski definition) is 4. The zero-order chi connectivity index (χ0) is 46.2. The monoisotopic (exact) mass is 875 g/mol. The zero-order valence-electron chi connectivity index (χ0n) is 39.8. The molecule has 0 aromatic rings. The number of ether oxygens (including phenoxy) is 7. The third kappa shape index (κ3) is 13.3. The first-order valence-electron chi connectivity index (χ1n) is 22.6. The fraction of sp³-hybridized carbons (Fsp3) is 0.933. The number of likely N-dealkylation sites (N-methyl/N-ethyl adjacent to an activating group) is 1. The van der Waals surface area contributed by atoms with Gasteiger partial charge in [-0.05, 0) is 87.7 Å². The molecule has 3 rings (SSSR count). The van der Waals surface area contributed by atoms with Crippen molar-refractivity contribution in [2.24, 2.45) is 28.8 Å². The van der Waals surface area contributed by atoms with Gasteiger partial charge in [-0.3, -0.25) is 9.59 Å². The Morgan fingerprint density at radius 1 is 0.918 bits per heavy atom. The number of oxime groups is 1. The molecule has 0 saturated carbocycles. The van der Waals surface area contributed by atoms with Crippen molar-refractivity contribution in [3.63, 3.8) is 0 Å². The first kappa shape index (κ1) is 53.3. The van der Waals surface area contributed by atoms with E-state index < -0.39 is 108 Å². The van der Waals surface area contributed by atoms with Gasteiger partial charge in [-0.1, -0.05) is 52.6 Å². The minimum Gasteiger partial charge on any atom is -0.459 e. The number of rotatable bonds is 14. The van der Waals surface area contributed by atoms with E-state index in [9.17, 15) is 30.0 Å². The first-order chi connectivity index (χ1) is 28.4. The number of aliphatic hydroxyl groups excluding tert-OH is 2. The molecule has 0 aromatic heterocycles. The molecular weight excluding hydrogens is 792 g/mol. The van der Waals surface area contributed by atoms with Crippen LogP contribution in [0.3, 0.4) is 0 Å². The molecule has 0 bridgehead atoms. The number of methoxy groups -OCH3 is 1. The molecule has 3 fully saturated rings. The van der Waals surface area contributed by atoms with Gasteiger partial charge in [0.15, 0.2) is 18.7 Å². The minimum atomic E-state index is -1.94. The highest BCUT2D eigenvalue weighted by atomic mass is 16.7. The van der Waals surface area contributed by atoms with Crippen molar-refractivity contribution in [3.8, 4) is 0 Å². The van der Waals surface area contributed by atoms with E-state index in [1.807, 2.05) is 32.8 Å². The summed E-state index contributed by atoms with van der Waals surface area (Å²) in [6, 6.07) is -0.323. The molecule has 18 atom stereocenters. The summed E-state index contributed by atoms with van der Waals surface area (Å²) in [6.45, 7) is 21.1. The molecule has 0 aliphatic carbocycles. The molecule has 16 heteroatoms. The highest BCUT2D eigenvalue weighted by Gasteiger charge is 2.54. The average Bonchev–Trinajstić information content (AvgIpc) is 3.18. The normalized spacial score (nSPS) is 44.0. The van der Waals surface area contributed by atoms with Gasteiger partial charge in [-0.25, -0.2) is 0 Å². The van der Waals surface area contributed by atoms with Crippen LogP contribution in [0.4, 0.5) is 0 Å². The topological polar surface area (TPSA) is 204 Å². The lowest BCUT2D eigenvalue weighted by atomic mass is 9.73. The van der Waals surface area contributed by atoms with Gasteiger partial charge in [0.25, 0.3) is 0 Å². The van der Waals surface area contributed by atoms with E-state index in [1.54, 1.807) is 48.5 Å². The Hall–Kier alpha value is -1.99. The lowest BCUT2D eigenvalue weighted by molar-refractivity contribution is -0.318. The molecule has 4 N–H and O–H groups in total. The average molecular weight is 875 g/mol. The maximum Gasteiger partial charge on any atom is 0.311 e. The Morgan fingerprint density at radius 2 is 1.57 bits per heavy atom. The van der Waals surface area contributed by atoms with E-state index in [-0.39, 0.29) is 31.4 Å². The van der Waals surface area contributed by atoms with Gasteiger partial charge in [0.1, 0.15) is 30.0 Å². The molecule has 61 heavy (non-hydrogen) atoms. The van der Waals surface area contributed by atoms with Crippen LogP contribution in [0, 0.1) is 23.7 Å². The standard InChI is InChI=1S/C45H82N2O14/c1-16-18-19-20-21-55-46-35-25(3)23-43(10,52)39(61-42-36(49)32(47(13)14)22-26(4)56-42)28(6)37(29(7)41(51)59-33(17-2)45(12,53)38(50)27(35)5)60-34-24-44(11,54-15)40(30(8)57-34)58-31(9)48/h25-30,32-34,36-40,42,49-50,52-53H,16-24H2,1-15H3/b46-35+/t25-,26-,27+,28+,29-,30+,32+,33-,34+,36-,37+,38-,39-,40+,42+,43?,44-,45-/m1/s1. The second-order valence-corrected chi connectivity index (χ2v) is 19.1.